The SMILES string of the molecule is CC1(C)C(=O)N(c2ccc(SC(F)(F)F)cc2)C(=O)N1Cc1ccnc(NC(=O)c2ccccc2)c1. The van der Waals surface area contributed by atoms with E-state index in [1.54, 1.807) is 56.3 Å². The van der Waals surface area contributed by atoms with Crippen LogP contribution in [0, 0.1) is 0 Å². The first-order valence-electron chi connectivity index (χ1n) is 10.8. The number of aromatic nitrogens is 1. The Bertz CT molecular complexity index is 1300. The van der Waals surface area contributed by atoms with Crippen LogP contribution < -0.4 is 10.2 Å². The van der Waals surface area contributed by atoms with Crippen molar-refractivity contribution in [3.05, 3.63) is 84.1 Å². The van der Waals surface area contributed by atoms with Gasteiger partial charge in [0.25, 0.3) is 11.8 Å². The highest BCUT2D eigenvalue weighted by molar-refractivity contribution is 8.00. The zero-order chi connectivity index (χ0) is 26.1. The smallest absolute Gasteiger partial charge is 0.307 e. The number of halogens is 3. The minimum Gasteiger partial charge on any atom is -0.307 e. The predicted octanol–water partition coefficient (Wildman–Crippen LogP) is 5.69. The number of pyridine rings is 1. The van der Waals surface area contributed by atoms with Crippen molar-refractivity contribution in [1.29, 1.82) is 0 Å². The van der Waals surface area contributed by atoms with Crippen LogP contribution in [0.15, 0.2) is 77.8 Å². The number of carbonyl (C=O) groups excluding carboxylic acids is 3. The number of benzene rings is 2. The minimum absolute atomic E-state index is 0.0484. The largest absolute Gasteiger partial charge is 0.446 e. The van der Waals surface area contributed by atoms with Gasteiger partial charge < -0.3 is 10.2 Å². The molecule has 0 spiro atoms. The molecule has 11 heteroatoms. The van der Waals surface area contributed by atoms with Crippen molar-refractivity contribution in [1.82, 2.24) is 9.88 Å². The van der Waals surface area contributed by atoms with E-state index in [1.165, 1.54) is 35.4 Å². The molecule has 36 heavy (non-hydrogen) atoms. The monoisotopic (exact) mass is 514 g/mol. The number of urea groups is 1. The Hall–Kier alpha value is -3.86. The molecule has 3 aromatic rings. The number of alkyl halides is 3. The van der Waals surface area contributed by atoms with E-state index in [1.807, 2.05) is 0 Å². The molecule has 1 aliphatic heterocycles. The standard InChI is InChI=1S/C25H21F3N4O3S/c1-24(2)22(34)32(18-8-10-19(11-9-18)36-25(26,27)28)23(35)31(24)15-16-12-13-29-20(14-16)30-21(33)17-6-4-3-5-7-17/h3-14H,15H2,1-2H3,(H,29,30,33). The van der Waals surface area contributed by atoms with Gasteiger partial charge in [-0.2, -0.15) is 13.2 Å². The van der Waals surface area contributed by atoms with Crippen molar-refractivity contribution in [2.24, 2.45) is 0 Å². The highest BCUT2D eigenvalue weighted by atomic mass is 32.2. The molecule has 1 saturated heterocycles. The Kier molecular flexibility index (Phi) is 6.77. The van der Waals surface area contributed by atoms with Gasteiger partial charge in [0.05, 0.1) is 5.69 Å². The second-order valence-electron chi connectivity index (χ2n) is 8.48. The topological polar surface area (TPSA) is 82.6 Å². The van der Waals surface area contributed by atoms with E-state index in [0.717, 1.165) is 4.90 Å². The molecule has 0 atom stereocenters. The van der Waals surface area contributed by atoms with Crippen LogP contribution in [0.3, 0.4) is 0 Å². The summed E-state index contributed by atoms with van der Waals surface area (Å²) in [4.78, 5) is 45.3. The molecule has 1 fully saturated rings. The summed E-state index contributed by atoms with van der Waals surface area (Å²) in [5.41, 5.74) is -4.39. The zero-order valence-corrected chi connectivity index (χ0v) is 20.1. The maximum atomic E-state index is 13.3. The molecule has 2 aromatic carbocycles. The molecular formula is C25H21F3N4O3S. The first-order chi connectivity index (χ1) is 17.0. The van der Waals surface area contributed by atoms with E-state index >= 15 is 0 Å². The molecule has 1 aromatic heterocycles. The van der Waals surface area contributed by atoms with Gasteiger partial charge in [-0.1, -0.05) is 18.2 Å². The Morgan fingerprint density at radius 2 is 1.69 bits per heavy atom. The van der Waals surface area contributed by atoms with Gasteiger partial charge >= 0.3 is 11.5 Å². The van der Waals surface area contributed by atoms with Crippen LogP contribution in [0.1, 0.15) is 29.8 Å². The lowest BCUT2D eigenvalue weighted by atomic mass is 10.0. The number of rotatable bonds is 6. The number of imide groups is 1. The lowest BCUT2D eigenvalue weighted by Crippen LogP contribution is -2.43. The van der Waals surface area contributed by atoms with Crippen molar-refractivity contribution in [2.75, 3.05) is 10.2 Å². The third-order valence-electron chi connectivity index (χ3n) is 5.59. The second-order valence-corrected chi connectivity index (χ2v) is 9.62. The summed E-state index contributed by atoms with van der Waals surface area (Å²) in [6.07, 6.45) is 1.49. The fraction of sp³-hybridized carbons (Fsp3) is 0.200. The summed E-state index contributed by atoms with van der Waals surface area (Å²) in [6.45, 7) is 3.24. The van der Waals surface area contributed by atoms with Crippen molar-refractivity contribution in [3.8, 4) is 0 Å². The van der Waals surface area contributed by atoms with Crippen molar-refractivity contribution >= 4 is 41.1 Å². The van der Waals surface area contributed by atoms with E-state index in [0.29, 0.717) is 11.1 Å². The highest BCUT2D eigenvalue weighted by Gasteiger charge is 2.51. The normalized spacial score (nSPS) is 15.4. The van der Waals surface area contributed by atoms with Gasteiger partial charge in [-0.3, -0.25) is 9.59 Å². The number of carbonyl (C=O) groups is 3. The molecule has 0 unspecified atom stereocenters. The fourth-order valence-electron chi connectivity index (χ4n) is 3.73. The molecule has 2 heterocycles. The van der Waals surface area contributed by atoms with Gasteiger partial charge in [-0.05, 0) is 79.7 Å². The van der Waals surface area contributed by atoms with E-state index in [2.05, 4.69) is 10.3 Å². The number of nitrogens with one attached hydrogen (secondary N) is 1. The molecule has 1 aliphatic rings. The van der Waals surface area contributed by atoms with Crippen LogP contribution in [0.25, 0.3) is 0 Å². The fourth-order valence-corrected chi connectivity index (χ4v) is 4.27. The maximum Gasteiger partial charge on any atom is 0.446 e. The summed E-state index contributed by atoms with van der Waals surface area (Å²) in [5, 5.41) is 2.71. The summed E-state index contributed by atoms with van der Waals surface area (Å²) in [5.74, 6) is -0.562. The Labute approximate surface area is 209 Å². The molecule has 1 N–H and O–H groups in total. The average Bonchev–Trinajstić information content (AvgIpc) is 2.99. The average molecular weight is 515 g/mol. The van der Waals surface area contributed by atoms with Gasteiger partial charge in [-0.25, -0.2) is 14.7 Å². The third kappa shape index (κ3) is 5.35. The van der Waals surface area contributed by atoms with Crippen LogP contribution in [-0.4, -0.2) is 38.8 Å². The molecule has 0 bridgehead atoms. The van der Waals surface area contributed by atoms with E-state index in [-0.39, 0.29) is 40.6 Å². The van der Waals surface area contributed by atoms with E-state index in [9.17, 15) is 27.6 Å². The van der Waals surface area contributed by atoms with Crippen LogP contribution >= 0.6 is 11.8 Å². The molecule has 4 rings (SSSR count). The summed E-state index contributed by atoms with van der Waals surface area (Å²) >= 11 is -0.275. The summed E-state index contributed by atoms with van der Waals surface area (Å²) < 4.78 is 37.9. The van der Waals surface area contributed by atoms with Gasteiger partial charge in [-0.15, -0.1) is 0 Å². The van der Waals surface area contributed by atoms with Crippen LogP contribution in [-0.2, 0) is 11.3 Å². The van der Waals surface area contributed by atoms with E-state index in [4.69, 9.17) is 0 Å². The van der Waals surface area contributed by atoms with Gasteiger partial charge in [0.15, 0.2) is 0 Å². The van der Waals surface area contributed by atoms with Crippen molar-refractivity contribution in [3.63, 3.8) is 0 Å². The van der Waals surface area contributed by atoms with Gasteiger partial charge in [0, 0.05) is 23.2 Å². The number of hydrogen-bond acceptors (Lipinski definition) is 5. The number of anilines is 2. The Morgan fingerprint density at radius 3 is 2.33 bits per heavy atom. The molecule has 0 saturated carbocycles. The molecule has 186 valence electrons. The second kappa shape index (κ2) is 9.65. The van der Waals surface area contributed by atoms with Crippen LogP contribution in [0.2, 0.25) is 0 Å². The summed E-state index contributed by atoms with van der Waals surface area (Å²) in [7, 11) is 0. The number of hydrogen-bond donors (Lipinski definition) is 1. The number of amides is 4. The third-order valence-corrected chi connectivity index (χ3v) is 6.33. The maximum absolute atomic E-state index is 13.3. The van der Waals surface area contributed by atoms with Gasteiger partial charge in [0.2, 0.25) is 0 Å². The zero-order valence-electron chi connectivity index (χ0n) is 19.2. The first kappa shape index (κ1) is 25.2. The van der Waals surface area contributed by atoms with Crippen molar-refractivity contribution in [2.45, 2.75) is 36.3 Å². The first-order valence-corrected chi connectivity index (χ1v) is 11.6. The highest BCUT2D eigenvalue weighted by Crippen LogP contribution is 2.39. The molecule has 4 amide bonds. The number of thioether (sulfide) groups is 1. The minimum atomic E-state index is -4.44. The molecule has 7 nitrogen and oxygen atoms in total. The van der Waals surface area contributed by atoms with Gasteiger partial charge in [0.1, 0.15) is 11.4 Å². The molecular weight excluding hydrogens is 493 g/mol. The lowest BCUT2D eigenvalue weighted by molar-refractivity contribution is -0.123. The van der Waals surface area contributed by atoms with Crippen molar-refractivity contribution < 1.29 is 27.6 Å². The number of nitrogens with zero attached hydrogens (tertiary/aromatic N) is 3. The molecule has 0 aliphatic carbocycles. The lowest BCUT2D eigenvalue weighted by Gasteiger charge is -2.27. The Balaban J connectivity index is 1.52. The van der Waals surface area contributed by atoms with Crippen LogP contribution in [0.4, 0.5) is 29.5 Å². The van der Waals surface area contributed by atoms with E-state index < -0.39 is 23.0 Å². The summed E-state index contributed by atoms with van der Waals surface area (Å²) in [6, 6.07) is 16.3. The predicted molar refractivity (Wildman–Crippen MR) is 129 cm³/mol. The quantitative estimate of drug-likeness (QED) is 0.337. The molecule has 0 radical (unpaired) electrons. The Morgan fingerprint density at radius 1 is 1.03 bits per heavy atom. The van der Waals surface area contributed by atoms with Crippen LogP contribution in [0.5, 0.6) is 0 Å².